The zero-order chi connectivity index (χ0) is 11.4. The highest BCUT2D eigenvalue weighted by Crippen LogP contribution is 2.16. The van der Waals surface area contributed by atoms with Crippen molar-refractivity contribution in [3.8, 4) is 0 Å². The number of thiazole rings is 1. The van der Waals surface area contributed by atoms with E-state index in [2.05, 4.69) is 29.5 Å². The first-order chi connectivity index (χ1) is 7.74. The van der Waals surface area contributed by atoms with E-state index in [-0.39, 0.29) is 0 Å². The monoisotopic (exact) mass is 239 g/mol. The van der Waals surface area contributed by atoms with Crippen LogP contribution >= 0.6 is 11.3 Å². The fourth-order valence-corrected chi connectivity index (χ4v) is 3.07. The molecular formula is C12H21N3S. The van der Waals surface area contributed by atoms with Crippen molar-refractivity contribution in [2.75, 3.05) is 13.1 Å². The quantitative estimate of drug-likeness (QED) is 0.843. The Balaban J connectivity index is 1.67. The van der Waals surface area contributed by atoms with Crippen molar-refractivity contribution in [2.24, 2.45) is 5.92 Å². The van der Waals surface area contributed by atoms with Crippen LogP contribution < -0.4 is 10.6 Å². The molecule has 1 aliphatic heterocycles. The Morgan fingerprint density at radius 1 is 1.62 bits per heavy atom. The summed E-state index contributed by atoms with van der Waals surface area (Å²) in [6.07, 6.45) is 4.59. The molecule has 1 aliphatic rings. The molecule has 2 heterocycles. The smallest absolute Gasteiger partial charge is 0.0897 e. The van der Waals surface area contributed by atoms with Gasteiger partial charge in [0.15, 0.2) is 0 Å². The molecule has 90 valence electrons. The first kappa shape index (κ1) is 12.0. The summed E-state index contributed by atoms with van der Waals surface area (Å²) >= 11 is 1.79. The summed E-state index contributed by atoms with van der Waals surface area (Å²) in [5, 5.41) is 8.20. The van der Waals surface area contributed by atoms with Crippen LogP contribution in [0.2, 0.25) is 0 Å². The average molecular weight is 239 g/mol. The minimum atomic E-state index is 0.686. The van der Waals surface area contributed by atoms with E-state index in [0.717, 1.165) is 24.0 Å². The number of piperidine rings is 1. The van der Waals surface area contributed by atoms with E-state index < -0.39 is 0 Å². The number of hydrogen-bond acceptors (Lipinski definition) is 4. The Kier molecular flexibility index (Phi) is 4.32. The molecule has 0 radical (unpaired) electrons. The predicted octanol–water partition coefficient (Wildman–Crippen LogP) is 1.93. The molecule has 16 heavy (non-hydrogen) atoms. The van der Waals surface area contributed by atoms with E-state index >= 15 is 0 Å². The number of hydrogen-bond donors (Lipinski definition) is 2. The second-order valence-electron chi connectivity index (χ2n) is 4.72. The van der Waals surface area contributed by atoms with E-state index in [9.17, 15) is 0 Å². The van der Waals surface area contributed by atoms with Gasteiger partial charge < -0.3 is 10.6 Å². The maximum absolute atomic E-state index is 4.26. The number of nitrogens with one attached hydrogen (secondary N) is 2. The standard InChI is InChI=1S/C12H21N3S/c1-9-5-11(3-4-14-9)6-13-7-12-8-15-10(2)16-12/h8-9,11,13-14H,3-7H2,1-2H3. The fourth-order valence-electron chi connectivity index (χ4n) is 2.31. The Morgan fingerprint density at radius 2 is 2.50 bits per heavy atom. The zero-order valence-corrected chi connectivity index (χ0v) is 10.9. The average Bonchev–Trinajstić information content (AvgIpc) is 2.64. The fraction of sp³-hybridized carbons (Fsp3) is 0.750. The molecule has 1 aromatic heterocycles. The highest BCUT2D eigenvalue weighted by Gasteiger charge is 2.17. The van der Waals surface area contributed by atoms with Gasteiger partial charge in [-0.15, -0.1) is 11.3 Å². The van der Waals surface area contributed by atoms with Gasteiger partial charge in [-0.05, 0) is 45.7 Å². The van der Waals surface area contributed by atoms with Gasteiger partial charge in [0.1, 0.15) is 0 Å². The second kappa shape index (κ2) is 5.75. The van der Waals surface area contributed by atoms with Crippen LogP contribution in [0.4, 0.5) is 0 Å². The lowest BCUT2D eigenvalue weighted by Gasteiger charge is -2.28. The molecule has 0 aromatic carbocycles. The minimum absolute atomic E-state index is 0.686. The number of nitrogens with zero attached hydrogens (tertiary/aromatic N) is 1. The van der Waals surface area contributed by atoms with Crippen LogP contribution in [0.1, 0.15) is 29.7 Å². The van der Waals surface area contributed by atoms with Gasteiger partial charge in [-0.3, -0.25) is 0 Å². The Hall–Kier alpha value is -0.450. The van der Waals surface area contributed by atoms with Crippen molar-refractivity contribution in [1.29, 1.82) is 0 Å². The van der Waals surface area contributed by atoms with Crippen LogP contribution in [0.3, 0.4) is 0 Å². The summed E-state index contributed by atoms with van der Waals surface area (Å²) in [5.41, 5.74) is 0. The largest absolute Gasteiger partial charge is 0.314 e. The summed E-state index contributed by atoms with van der Waals surface area (Å²) in [6, 6.07) is 0.686. The van der Waals surface area contributed by atoms with Crippen molar-refractivity contribution in [1.82, 2.24) is 15.6 Å². The molecule has 1 fully saturated rings. The third-order valence-corrected chi connectivity index (χ3v) is 4.05. The van der Waals surface area contributed by atoms with Crippen molar-refractivity contribution < 1.29 is 0 Å². The maximum atomic E-state index is 4.26. The molecule has 0 aliphatic carbocycles. The molecule has 0 spiro atoms. The van der Waals surface area contributed by atoms with Gasteiger partial charge in [-0.1, -0.05) is 0 Å². The number of aryl methyl sites for hydroxylation is 1. The van der Waals surface area contributed by atoms with Gasteiger partial charge in [0, 0.05) is 23.7 Å². The third-order valence-electron chi connectivity index (χ3n) is 3.13. The third kappa shape index (κ3) is 3.54. The molecule has 2 atom stereocenters. The number of aromatic nitrogens is 1. The van der Waals surface area contributed by atoms with Crippen molar-refractivity contribution in [3.63, 3.8) is 0 Å². The molecule has 2 rings (SSSR count). The molecule has 4 heteroatoms. The summed E-state index contributed by atoms with van der Waals surface area (Å²) in [4.78, 5) is 5.61. The molecular weight excluding hydrogens is 218 g/mol. The van der Waals surface area contributed by atoms with E-state index in [1.807, 2.05) is 6.20 Å². The summed E-state index contributed by atoms with van der Waals surface area (Å²) in [6.45, 7) is 7.63. The predicted molar refractivity (Wildman–Crippen MR) is 68.7 cm³/mol. The lowest BCUT2D eigenvalue weighted by Crippen LogP contribution is -2.39. The van der Waals surface area contributed by atoms with Crippen LogP contribution in [0, 0.1) is 12.8 Å². The first-order valence-electron chi connectivity index (χ1n) is 6.09. The highest BCUT2D eigenvalue weighted by atomic mass is 32.1. The zero-order valence-electron chi connectivity index (χ0n) is 10.1. The summed E-state index contributed by atoms with van der Waals surface area (Å²) in [5.74, 6) is 0.838. The molecule has 2 N–H and O–H groups in total. The van der Waals surface area contributed by atoms with E-state index in [0.29, 0.717) is 6.04 Å². The highest BCUT2D eigenvalue weighted by molar-refractivity contribution is 7.11. The van der Waals surface area contributed by atoms with Crippen LogP contribution in [0.5, 0.6) is 0 Å². The first-order valence-corrected chi connectivity index (χ1v) is 6.91. The van der Waals surface area contributed by atoms with Crippen LogP contribution in [0.15, 0.2) is 6.20 Å². The van der Waals surface area contributed by atoms with Gasteiger partial charge >= 0.3 is 0 Å². The van der Waals surface area contributed by atoms with Gasteiger partial charge in [-0.2, -0.15) is 0 Å². The SMILES string of the molecule is Cc1ncc(CNCC2CCNC(C)C2)s1. The molecule has 1 aromatic rings. The van der Waals surface area contributed by atoms with E-state index in [1.54, 1.807) is 11.3 Å². The van der Waals surface area contributed by atoms with Crippen LogP contribution in [-0.2, 0) is 6.54 Å². The van der Waals surface area contributed by atoms with Crippen molar-refractivity contribution in [3.05, 3.63) is 16.1 Å². The summed E-state index contributed by atoms with van der Waals surface area (Å²) in [7, 11) is 0. The lowest BCUT2D eigenvalue weighted by molar-refractivity contribution is 0.304. The van der Waals surface area contributed by atoms with Crippen molar-refractivity contribution in [2.45, 2.75) is 39.3 Å². The number of rotatable bonds is 4. The molecule has 2 unspecified atom stereocenters. The van der Waals surface area contributed by atoms with E-state index in [1.165, 1.54) is 24.3 Å². The topological polar surface area (TPSA) is 37.0 Å². The van der Waals surface area contributed by atoms with Gasteiger partial charge in [-0.25, -0.2) is 4.98 Å². The van der Waals surface area contributed by atoms with Gasteiger partial charge in [0.05, 0.1) is 5.01 Å². The molecule has 0 saturated carbocycles. The normalized spacial score (nSPS) is 25.9. The lowest BCUT2D eigenvalue weighted by atomic mass is 9.93. The van der Waals surface area contributed by atoms with Crippen LogP contribution in [-0.4, -0.2) is 24.1 Å². The van der Waals surface area contributed by atoms with Crippen molar-refractivity contribution >= 4 is 11.3 Å². The molecule has 1 saturated heterocycles. The van der Waals surface area contributed by atoms with Gasteiger partial charge in [0.2, 0.25) is 0 Å². The minimum Gasteiger partial charge on any atom is -0.314 e. The second-order valence-corrected chi connectivity index (χ2v) is 6.04. The van der Waals surface area contributed by atoms with E-state index in [4.69, 9.17) is 0 Å². The Labute approximate surface area is 102 Å². The Morgan fingerprint density at radius 3 is 3.19 bits per heavy atom. The Bertz CT molecular complexity index is 324. The summed E-state index contributed by atoms with van der Waals surface area (Å²) < 4.78 is 0. The van der Waals surface area contributed by atoms with Crippen LogP contribution in [0.25, 0.3) is 0 Å². The molecule has 0 amide bonds. The molecule has 3 nitrogen and oxygen atoms in total. The molecule has 0 bridgehead atoms. The maximum Gasteiger partial charge on any atom is 0.0897 e. The van der Waals surface area contributed by atoms with Gasteiger partial charge in [0.25, 0.3) is 0 Å².